The van der Waals surface area contributed by atoms with Crippen molar-refractivity contribution >= 4 is 22.1 Å². The van der Waals surface area contributed by atoms with Gasteiger partial charge in [0.2, 0.25) is 0 Å². The molecule has 0 unspecified atom stereocenters. The van der Waals surface area contributed by atoms with E-state index in [2.05, 4.69) is 33.1 Å². The van der Waals surface area contributed by atoms with Crippen molar-refractivity contribution in [3.63, 3.8) is 0 Å². The zero-order valence-electron chi connectivity index (χ0n) is 5.34. The molecule has 0 N–H and O–H groups in total. The Hall–Kier alpha value is -0.630. The Labute approximate surface area is 67.9 Å². The molecule has 10 heavy (non-hydrogen) atoms. The van der Waals surface area contributed by atoms with Crippen molar-refractivity contribution in [2.75, 3.05) is 0 Å². The van der Waals surface area contributed by atoms with Crippen LogP contribution in [-0.4, -0.2) is 6.21 Å². The first kappa shape index (κ1) is 6.10. The highest BCUT2D eigenvalue weighted by Crippen LogP contribution is 2.19. The Kier molecular flexibility index (Phi) is 1.34. The minimum absolute atomic E-state index is 0.850. The molecule has 0 spiro atoms. The molecule has 50 valence electrons. The van der Waals surface area contributed by atoms with Gasteiger partial charge in [-0.05, 0) is 23.3 Å². The fourth-order valence-electron chi connectivity index (χ4n) is 1.07. The highest BCUT2D eigenvalue weighted by atomic mass is 79.9. The van der Waals surface area contributed by atoms with Gasteiger partial charge in [-0.3, -0.25) is 4.99 Å². The molecule has 0 fully saturated rings. The Bertz CT molecular complexity index is 291. The number of hydrogen-bond acceptors (Lipinski definition) is 1. The third-order valence-electron chi connectivity index (χ3n) is 1.60. The molecular formula is C8H6BrN. The van der Waals surface area contributed by atoms with E-state index in [1.807, 2.05) is 12.3 Å². The molecule has 0 amide bonds. The van der Waals surface area contributed by atoms with Crippen LogP contribution >= 0.6 is 15.9 Å². The van der Waals surface area contributed by atoms with E-state index in [0.717, 1.165) is 11.0 Å². The van der Waals surface area contributed by atoms with Crippen molar-refractivity contribution < 1.29 is 0 Å². The highest BCUT2D eigenvalue weighted by molar-refractivity contribution is 9.10. The maximum Gasteiger partial charge on any atom is 0.0646 e. The molecule has 0 aromatic heterocycles. The predicted molar refractivity (Wildman–Crippen MR) is 45.4 cm³/mol. The molecule has 0 radical (unpaired) electrons. The molecular weight excluding hydrogens is 190 g/mol. The summed E-state index contributed by atoms with van der Waals surface area (Å²) in [5, 5.41) is 0. The van der Waals surface area contributed by atoms with Crippen LogP contribution in [0.25, 0.3) is 0 Å². The van der Waals surface area contributed by atoms with Crippen LogP contribution in [0.1, 0.15) is 11.1 Å². The summed E-state index contributed by atoms with van der Waals surface area (Å²) in [6, 6.07) is 6.24. The van der Waals surface area contributed by atoms with E-state index in [-0.39, 0.29) is 0 Å². The van der Waals surface area contributed by atoms with Crippen LogP contribution in [0.15, 0.2) is 27.7 Å². The van der Waals surface area contributed by atoms with E-state index in [0.29, 0.717) is 0 Å². The second kappa shape index (κ2) is 2.20. The molecule has 1 aromatic rings. The average molecular weight is 196 g/mol. The van der Waals surface area contributed by atoms with Crippen LogP contribution in [0.2, 0.25) is 0 Å². The van der Waals surface area contributed by atoms with E-state index < -0.39 is 0 Å². The summed E-state index contributed by atoms with van der Waals surface area (Å²) in [7, 11) is 0. The average Bonchev–Trinajstić information content (AvgIpc) is 2.33. The van der Waals surface area contributed by atoms with Crippen molar-refractivity contribution in [3.05, 3.63) is 33.8 Å². The molecule has 0 bridgehead atoms. The Balaban J connectivity index is 2.60. The standard InChI is InChI=1S/C8H6BrN/c9-8-2-1-6-4-10-5-7(6)3-8/h1-3,5H,4H2. The predicted octanol–water partition coefficient (Wildman–Crippen LogP) is 2.38. The topological polar surface area (TPSA) is 12.4 Å². The normalized spacial score (nSPS) is 13.7. The van der Waals surface area contributed by atoms with Crippen molar-refractivity contribution in [1.82, 2.24) is 0 Å². The largest absolute Gasteiger partial charge is 0.288 e. The fraction of sp³-hybridized carbons (Fsp3) is 0.125. The zero-order valence-corrected chi connectivity index (χ0v) is 6.93. The van der Waals surface area contributed by atoms with Crippen LogP contribution in [0, 0.1) is 0 Å². The lowest BCUT2D eigenvalue weighted by molar-refractivity contribution is 1.11. The molecule has 1 nitrogen and oxygen atoms in total. The summed E-state index contributed by atoms with van der Waals surface area (Å²) in [6.45, 7) is 0.850. The van der Waals surface area contributed by atoms with E-state index >= 15 is 0 Å². The molecule has 1 heterocycles. The number of hydrogen-bond donors (Lipinski definition) is 0. The van der Waals surface area contributed by atoms with E-state index in [4.69, 9.17) is 0 Å². The Morgan fingerprint density at radius 3 is 3.20 bits per heavy atom. The van der Waals surface area contributed by atoms with Crippen molar-refractivity contribution in [3.8, 4) is 0 Å². The van der Waals surface area contributed by atoms with Gasteiger partial charge < -0.3 is 0 Å². The summed E-state index contributed by atoms with van der Waals surface area (Å²) in [4.78, 5) is 4.15. The SMILES string of the molecule is Brc1ccc2c(c1)C=NC2. The van der Waals surface area contributed by atoms with Gasteiger partial charge in [-0.2, -0.15) is 0 Å². The van der Waals surface area contributed by atoms with Crippen molar-refractivity contribution in [2.24, 2.45) is 4.99 Å². The number of rotatable bonds is 0. The van der Waals surface area contributed by atoms with Crippen LogP contribution in [0.4, 0.5) is 0 Å². The minimum atomic E-state index is 0.850. The summed E-state index contributed by atoms with van der Waals surface area (Å²) < 4.78 is 1.12. The van der Waals surface area contributed by atoms with Gasteiger partial charge in [0.1, 0.15) is 0 Å². The quantitative estimate of drug-likeness (QED) is 0.604. The molecule has 2 rings (SSSR count). The van der Waals surface area contributed by atoms with Gasteiger partial charge in [0, 0.05) is 10.7 Å². The van der Waals surface area contributed by atoms with Gasteiger partial charge in [0.05, 0.1) is 6.54 Å². The van der Waals surface area contributed by atoms with E-state index in [1.54, 1.807) is 0 Å². The first-order chi connectivity index (χ1) is 4.86. The van der Waals surface area contributed by atoms with Gasteiger partial charge in [0.25, 0.3) is 0 Å². The van der Waals surface area contributed by atoms with E-state index in [9.17, 15) is 0 Å². The minimum Gasteiger partial charge on any atom is -0.288 e. The molecule has 0 aliphatic carbocycles. The lowest BCUT2D eigenvalue weighted by atomic mass is 10.1. The summed E-state index contributed by atoms with van der Waals surface area (Å²) in [5.74, 6) is 0. The maximum atomic E-state index is 4.15. The number of fused-ring (bicyclic) bond motifs is 1. The van der Waals surface area contributed by atoms with Crippen molar-refractivity contribution in [1.29, 1.82) is 0 Å². The van der Waals surface area contributed by atoms with Crippen LogP contribution in [0.3, 0.4) is 0 Å². The molecule has 1 aliphatic heterocycles. The lowest BCUT2D eigenvalue weighted by Crippen LogP contribution is -1.81. The second-order valence-corrected chi connectivity index (χ2v) is 3.23. The molecule has 1 aliphatic rings. The van der Waals surface area contributed by atoms with Gasteiger partial charge in [0.15, 0.2) is 0 Å². The third kappa shape index (κ3) is 0.886. The molecule has 0 saturated carbocycles. The third-order valence-corrected chi connectivity index (χ3v) is 2.09. The molecule has 0 atom stereocenters. The maximum absolute atomic E-state index is 4.15. The Morgan fingerprint density at radius 1 is 1.40 bits per heavy atom. The molecule has 0 saturated heterocycles. The van der Waals surface area contributed by atoms with Gasteiger partial charge >= 0.3 is 0 Å². The smallest absolute Gasteiger partial charge is 0.0646 e. The highest BCUT2D eigenvalue weighted by Gasteiger charge is 2.04. The first-order valence-electron chi connectivity index (χ1n) is 3.14. The van der Waals surface area contributed by atoms with Gasteiger partial charge in [-0.25, -0.2) is 0 Å². The molecule has 1 aromatic carbocycles. The number of halogens is 1. The number of benzene rings is 1. The van der Waals surface area contributed by atoms with Crippen LogP contribution in [0.5, 0.6) is 0 Å². The van der Waals surface area contributed by atoms with Gasteiger partial charge in [-0.1, -0.05) is 22.0 Å². The van der Waals surface area contributed by atoms with Crippen LogP contribution < -0.4 is 0 Å². The number of nitrogens with zero attached hydrogens (tertiary/aromatic N) is 1. The zero-order chi connectivity index (χ0) is 6.97. The lowest BCUT2D eigenvalue weighted by Gasteiger charge is -1.95. The van der Waals surface area contributed by atoms with Crippen LogP contribution in [-0.2, 0) is 6.54 Å². The Morgan fingerprint density at radius 2 is 2.30 bits per heavy atom. The van der Waals surface area contributed by atoms with Crippen molar-refractivity contribution in [2.45, 2.75) is 6.54 Å². The first-order valence-corrected chi connectivity index (χ1v) is 3.94. The summed E-state index contributed by atoms with van der Waals surface area (Å²) in [6.07, 6.45) is 1.92. The summed E-state index contributed by atoms with van der Waals surface area (Å²) >= 11 is 3.40. The fourth-order valence-corrected chi connectivity index (χ4v) is 1.45. The molecule has 2 heteroatoms. The number of aliphatic imine (C=N–C) groups is 1. The van der Waals surface area contributed by atoms with E-state index in [1.165, 1.54) is 11.1 Å². The summed E-state index contributed by atoms with van der Waals surface area (Å²) in [5.41, 5.74) is 2.57. The second-order valence-electron chi connectivity index (χ2n) is 2.31. The van der Waals surface area contributed by atoms with Gasteiger partial charge in [-0.15, -0.1) is 0 Å². The monoisotopic (exact) mass is 195 g/mol.